The number of halogens is 2. The first-order valence-corrected chi connectivity index (χ1v) is 10.6. The number of nitrogens with zero attached hydrogens (tertiary/aromatic N) is 2. The van der Waals surface area contributed by atoms with Gasteiger partial charge in [-0.25, -0.2) is 14.2 Å². The molecule has 0 aliphatic heterocycles. The zero-order valence-corrected chi connectivity index (χ0v) is 19.7. The summed E-state index contributed by atoms with van der Waals surface area (Å²) in [6.45, 7) is 3.60. The zero-order chi connectivity index (χ0) is 23.4. The molecule has 0 unspecified atom stereocenters. The van der Waals surface area contributed by atoms with Crippen molar-refractivity contribution >= 4 is 44.4 Å². The first-order chi connectivity index (χ1) is 15.3. The Labute approximate surface area is 193 Å². The Balaban J connectivity index is 2.06. The van der Waals surface area contributed by atoms with Crippen molar-refractivity contribution in [3.63, 3.8) is 0 Å². The van der Waals surface area contributed by atoms with Gasteiger partial charge in [0.25, 0.3) is 5.56 Å². The largest absolute Gasteiger partial charge is 0.373 e. The Morgan fingerprint density at radius 2 is 1.94 bits per heavy atom. The molecule has 32 heavy (non-hydrogen) atoms. The molecular weight excluding hydrogens is 477 g/mol. The van der Waals surface area contributed by atoms with Crippen LogP contribution >= 0.6 is 15.9 Å². The molecule has 0 aliphatic carbocycles. The van der Waals surface area contributed by atoms with E-state index in [0.29, 0.717) is 32.6 Å². The van der Waals surface area contributed by atoms with Crippen molar-refractivity contribution in [2.75, 3.05) is 17.7 Å². The molecule has 3 rings (SSSR count). The van der Waals surface area contributed by atoms with Crippen LogP contribution in [0.3, 0.4) is 0 Å². The number of carbonyl (C=O) groups is 1. The number of pyridine rings is 2. The van der Waals surface area contributed by atoms with Crippen LogP contribution in [0.25, 0.3) is 22.0 Å². The summed E-state index contributed by atoms with van der Waals surface area (Å²) in [5.74, 6) is 0.000839. The van der Waals surface area contributed by atoms with Crippen LogP contribution in [0.15, 0.2) is 63.7 Å². The molecule has 0 atom stereocenters. The molecule has 166 valence electrons. The molecule has 7 nitrogen and oxygen atoms in total. The molecule has 0 fully saturated rings. The number of nitrogens with one attached hydrogen (secondary N) is 3. The number of amides is 2. The minimum absolute atomic E-state index is 0.0533. The Morgan fingerprint density at radius 1 is 1.19 bits per heavy atom. The molecule has 0 spiro atoms. The van der Waals surface area contributed by atoms with Gasteiger partial charge in [-0.3, -0.25) is 4.79 Å². The van der Waals surface area contributed by atoms with Crippen molar-refractivity contribution in [1.82, 2.24) is 14.9 Å². The number of urea groups is 1. The quantitative estimate of drug-likeness (QED) is 0.423. The van der Waals surface area contributed by atoms with Gasteiger partial charge in [-0.1, -0.05) is 28.1 Å². The highest BCUT2D eigenvalue weighted by molar-refractivity contribution is 9.10. The van der Waals surface area contributed by atoms with E-state index in [0.717, 1.165) is 5.39 Å². The molecule has 2 heterocycles. The summed E-state index contributed by atoms with van der Waals surface area (Å²) >= 11 is 3.34. The maximum Gasteiger partial charge on any atom is 0.323 e. The number of carbonyl (C=O) groups excluding carboxylic acids is 1. The minimum atomic E-state index is -0.637. The van der Waals surface area contributed by atoms with Gasteiger partial charge in [-0.05, 0) is 38.1 Å². The first-order valence-electron chi connectivity index (χ1n) is 9.83. The summed E-state index contributed by atoms with van der Waals surface area (Å²) < 4.78 is 16.5. The molecule has 0 saturated heterocycles. The van der Waals surface area contributed by atoms with Gasteiger partial charge in [-0.2, -0.15) is 0 Å². The van der Waals surface area contributed by atoms with Gasteiger partial charge in [0.1, 0.15) is 11.6 Å². The number of hydrogen-bond acceptors (Lipinski definition) is 4. The average molecular weight is 500 g/mol. The first kappa shape index (κ1) is 23.2. The van der Waals surface area contributed by atoms with Gasteiger partial charge in [0.15, 0.2) is 0 Å². The number of allylic oxidation sites excluding steroid dienone is 3. The fourth-order valence-electron chi connectivity index (χ4n) is 3.22. The van der Waals surface area contributed by atoms with E-state index in [4.69, 9.17) is 0 Å². The van der Waals surface area contributed by atoms with Crippen molar-refractivity contribution in [1.29, 1.82) is 0 Å². The number of aromatic nitrogens is 2. The monoisotopic (exact) mass is 499 g/mol. The highest BCUT2D eigenvalue weighted by atomic mass is 79.9. The normalized spacial score (nSPS) is 11.8. The predicted molar refractivity (Wildman–Crippen MR) is 130 cm³/mol. The van der Waals surface area contributed by atoms with Crippen molar-refractivity contribution in [2.24, 2.45) is 7.05 Å². The molecule has 9 heteroatoms. The second kappa shape index (κ2) is 9.78. The van der Waals surface area contributed by atoms with Gasteiger partial charge >= 0.3 is 6.03 Å². The standard InChI is InChI=1S/C23H23BrFN5O2/c1-5-7-14(6-2)28-23(32)29-19-9-15(17(24)10-18(19)25)16-8-13-12-27-21(26-3)11-20(13)30(4)22(16)31/h5-12H,1-4H3,(H,26,27)(H2,28,29,32)/b7-5-,14-6+. The molecule has 0 radical (unpaired) electrons. The predicted octanol–water partition coefficient (Wildman–Crippen LogP) is 5.15. The maximum atomic E-state index is 14.6. The van der Waals surface area contributed by atoms with E-state index in [9.17, 15) is 14.0 Å². The minimum Gasteiger partial charge on any atom is -0.373 e. The molecule has 2 amide bonds. The van der Waals surface area contributed by atoms with E-state index in [-0.39, 0.29) is 11.2 Å². The molecule has 2 aromatic heterocycles. The summed E-state index contributed by atoms with van der Waals surface area (Å²) in [6.07, 6.45) is 6.87. The number of fused-ring (bicyclic) bond motifs is 1. The summed E-state index contributed by atoms with van der Waals surface area (Å²) in [6, 6.07) is 5.54. The van der Waals surface area contributed by atoms with Crippen molar-refractivity contribution in [2.45, 2.75) is 13.8 Å². The molecular formula is C23H23BrFN5O2. The second-order valence-corrected chi connectivity index (χ2v) is 7.79. The van der Waals surface area contributed by atoms with Crippen LogP contribution in [-0.2, 0) is 7.05 Å². The van der Waals surface area contributed by atoms with Crippen LogP contribution in [0.5, 0.6) is 0 Å². The average Bonchev–Trinajstić information content (AvgIpc) is 2.77. The molecule has 3 N–H and O–H groups in total. The van der Waals surface area contributed by atoms with Crippen molar-refractivity contribution < 1.29 is 9.18 Å². The van der Waals surface area contributed by atoms with E-state index in [2.05, 4.69) is 36.9 Å². The Morgan fingerprint density at radius 3 is 2.59 bits per heavy atom. The van der Waals surface area contributed by atoms with Crippen LogP contribution in [-0.4, -0.2) is 22.6 Å². The molecule has 0 saturated carbocycles. The fourth-order valence-corrected chi connectivity index (χ4v) is 3.75. The molecule has 3 aromatic rings. The number of rotatable bonds is 5. The Bertz CT molecular complexity index is 1310. The third kappa shape index (κ3) is 4.72. The lowest BCUT2D eigenvalue weighted by Crippen LogP contribution is -2.28. The van der Waals surface area contributed by atoms with E-state index in [1.807, 2.05) is 6.92 Å². The van der Waals surface area contributed by atoms with Gasteiger partial charge in [-0.15, -0.1) is 0 Å². The molecule has 1 aromatic carbocycles. The lowest BCUT2D eigenvalue weighted by molar-refractivity contribution is 0.254. The number of anilines is 2. The smallest absolute Gasteiger partial charge is 0.323 e. The van der Waals surface area contributed by atoms with Crippen LogP contribution in [0, 0.1) is 5.82 Å². The Hall–Kier alpha value is -3.46. The number of benzene rings is 1. The topological polar surface area (TPSA) is 88.0 Å². The van der Waals surface area contributed by atoms with E-state index in [1.165, 1.54) is 16.7 Å². The fraction of sp³-hybridized carbons (Fsp3) is 0.174. The Kier molecular flexibility index (Phi) is 7.09. The lowest BCUT2D eigenvalue weighted by Gasteiger charge is -2.14. The van der Waals surface area contributed by atoms with E-state index < -0.39 is 11.8 Å². The summed E-state index contributed by atoms with van der Waals surface area (Å²) in [7, 11) is 3.41. The van der Waals surface area contributed by atoms with Crippen LogP contribution < -0.4 is 21.5 Å². The summed E-state index contributed by atoms with van der Waals surface area (Å²) in [5.41, 5.74) is 1.75. The second-order valence-electron chi connectivity index (χ2n) is 6.94. The molecule has 0 aliphatic rings. The number of hydrogen-bond donors (Lipinski definition) is 3. The summed E-state index contributed by atoms with van der Waals surface area (Å²) in [4.78, 5) is 29.7. The van der Waals surface area contributed by atoms with Gasteiger partial charge < -0.3 is 20.5 Å². The summed E-state index contributed by atoms with van der Waals surface area (Å²) in [5, 5.41) is 8.84. The zero-order valence-electron chi connectivity index (χ0n) is 18.1. The van der Waals surface area contributed by atoms with Gasteiger partial charge in [0, 0.05) is 53.0 Å². The van der Waals surface area contributed by atoms with Crippen LogP contribution in [0.2, 0.25) is 0 Å². The highest BCUT2D eigenvalue weighted by Gasteiger charge is 2.17. The SMILES string of the molecule is C/C=C\C(=C/C)NC(=O)Nc1cc(-c2cc3cnc(NC)cc3n(C)c2=O)c(Br)cc1F. The van der Waals surface area contributed by atoms with Crippen LogP contribution in [0.1, 0.15) is 13.8 Å². The third-order valence-corrected chi connectivity index (χ3v) is 5.53. The number of aryl methyl sites for hydroxylation is 1. The lowest BCUT2D eigenvalue weighted by atomic mass is 10.0. The maximum absolute atomic E-state index is 14.6. The van der Waals surface area contributed by atoms with Crippen LogP contribution in [0.4, 0.5) is 20.7 Å². The molecule has 0 bridgehead atoms. The van der Waals surface area contributed by atoms with Gasteiger partial charge in [0.2, 0.25) is 0 Å². The van der Waals surface area contributed by atoms with E-state index in [1.54, 1.807) is 57.6 Å². The van der Waals surface area contributed by atoms with Crippen molar-refractivity contribution in [3.05, 3.63) is 75.0 Å². The third-order valence-electron chi connectivity index (χ3n) is 4.87. The van der Waals surface area contributed by atoms with Crippen molar-refractivity contribution in [3.8, 4) is 11.1 Å². The highest BCUT2D eigenvalue weighted by Crippen LogP contribution is 2.32. The van der Waals surface area contributed by atoms with E-state index >= 15 is 0 Å². The van der Waals surface area contributed by atoms with Gasteiger partial charge in [0.05, 0.1) is 11.2 Å².